The zero-order valence-corrected chi connectivity index (χ0v) is 19.2. The van der Waals surface area contributed by atoms with Gasteiger partial charge in [0.05, 0.1) is 6.10 Å². The van der Waals surface area contributed by atoms with Gasteiger partial charge >= 0.3 is 0 Å². The van der Waals surface area contributed by atoms with E-state index >= 15 is 0 Å². The van der Waals surface area contributed by atoms with Crippen molar-refractivity contribution in [3.8, 4) is 6.07 Å². The molecule has 0 saturated carbocycles. The van der Waals surface area contributed by atoms with Crippen molar-refractivity contribution in [2.24, 2.45) is 0 Å². The Kier molecular flexibility index (Phi) is 7.49. The van der Waals surface area contributed by atoms with Gasteiger partial charge in [-0.05, 0) is 66.3 Å². The van der Waals surface area contributed by atoms with Crippen LogP contribution in [0.25, 0.3) is 16.8 Å². The molecule has 8 heteroatoms. The van der Waals surface area contributed by atoms with Crippen molar-refractivity contribution in [3.05, 3.63) is 47.5 Å². The van der Waals surface area contributed by atoms with Crippen molar-refractivity contribution in [1.82, 2.24) is 5.32 Å². The molecule has 0 spiro atoms. The SMILES string of the molecule is CCC1OC(O)C(NC(=O)/C(C#N)=C/c2ccc3cc(N4CCCCC4)ccc3c2)C(O)C1O. The normalized spacial score (nSPS) is 27.9. The number of rotatable bonds is 5. The summed E-state index contributed by atoms with van der Waals surface area (Å²) < 4.78 is 5.29. The zero-order valence-electron chi connectivity index (χ0n) is 19.2. The van der Waals surface area contributed by atoms with Crippen LogP contribution in [0.15, 0.2) is 42.0 Å². The van der Waals surface area contributed by atoms with E-state index in [-0.39, 0.29) is 5.57 Å². The summed E-state index contributed by atoms with van der Waals surface area (Å²) in [7, 11) is 0. The molecule has 2 aromatic rings. The number of aliphatic hydroxyl groups is 3. The molecular formula is C26H31N3O5. The number of anilines is 1. The molecule has 4 rings (SSSR count). The minimum absolute atomic E-state index is 0.184. The maximum absolute atomic E-state index is 12.7. The second kappa shape index (κ2) is 10.5. The number of nitriles is 1. The Morgan fingerprint density at radius 2 is 1.82 bits per heavy atom. The lowest BCUT2D eigenvalue weighted by Crippen LogP contribution is -2.63. The second-order valence-electron chi connectivity index (χ2n) is 8.96. The number of ether oxygens (including phenoxy) is 1. The summed E-state index contributed by atoms with van der Waals surface area (Å²) >= 11 is 0. The maximum atomic E-state index is 12.7. The van der Waals surface area contributed by atoms with Crippen LogP contribution in [-0.2, 0) is 9.53 Å². The Morgan fingerprint density at radius 3 is 2.53 bits per heavy atom. The highest BCUT2D eigenvalue weighted by atomic mass is 16.6. The van der Waals surface area contributed by atoms with Crippen LogP contribution in [0, 0.1) is 11.3 Å². The molecule has 0 radical (unpaired) electrons. The summed E-state index contributed by atoms with van der Waals surface area (Å²) in [5.74, 6) is -0.767. The maximum Gasteiger partial charge on any atom is 0.262 e. The number of carbonyl (C=O) groups excluding carboxylic acids is 1. The van der Waals surface area contributed by atoms with E-state index in [1.807, 2.05) is 30.3 Å². The summed E-state index contributed by atoms with van der Waals surface area (Å²) in [6, 6.07) is 12.6. The van der Waals surface area contributed by atoms with E-state index in [4.69, 9.17) is 4.74 Å². The molecule has 2 fully saturated rings. The fourth-order valence-corrected chi connectivity index (χ4v) is 4.67. The Balaban J connectivity index is 1.50. The molecule has 2 aliphatic heterocycles. The van der Waals surface area contributed by atoms with Gasteiger partial charge in [-0.25, -0.2) is 0 Å². The molecule has 2 saturated heterocycles. The van der Waals surface area contributed by atoms with Crippen LogP contribution in [0.2, 0.25) is 0 Å². The fraction of sp³-hybridized carbons (Fsp3) is 0.462. The van der Waals surface area contributed by atoms with Gasteiger partial charge < -0.3 is 30.3 Å². The molecule has 0 aromatic heterocycles. The fourth-order valence-electron chi connectivity index (χ4n) is 4.67. The number of amides is 1. The first-order valence-electron chi connectivity index (χ1n) is 11.8. The van der Waals surface area contributed by atoms with E-state index in [1.54, 1.807) is 6.92 Å². The predicted octanol–water partition coefficient (Wildman–Crippen LogP) is 2.07. The minimum atomic E-state index is -1.50. The Labute approximate surface area is 199 Å². The molecule has 180 valence electrons. The number of aliphatic hydroxyl groups excluding tert-OH is 3. The molecule has 0 aliphatic carbocycles. The molecule has 1 amide bonds. The second-order valence-corrected chi connectivity index (χ2v) is 8.96. The van der Waals surface area contributed by atoms with Crippen molar-refractivity contribution in [1.29, 1.82) is 5.26 Å². The van der Waals surface area contributed by atoms with Crippen LogP contribution in [0.1, 0.15) is 38.2 Å². The number of nitrogens with zero attached hydrogens (tertiary/aromatic N) is 2. The van der Waals surface area contributed by atoms with Gasteiger partial charge in [-0.2, -0.15) is 5.26 Å². The molecule has 5 atom stereocenters. The van der Waals surface area contributed by atoms with E-state index < -0.39 is 36.6 Å². The first-order chi connectivity index (χ1) is 16.4. The molecule has 34 heavy (non-hydrogen) atoms. The zero-order chi connectivity index (χ0) is 24.2. The number of hydrogen-bond acceptors (Lipinski definition) is 7. The lowest BCUT2D eigenvalue weighted by molar-refractivity contribution is -0.247. The van der Waals surface area contributed by atoms with E-state index in [1.165, 1.54) is 31.0 Å². The number of carbonyl (C=O) groups is 1. The summed E-state index contributed by atoms with van der Waals surface area (Å²) in [5, 5.41) is 44.7. The van der Waals surface area contributed by atoms with Crippen LogP contribution < -0.4 is 10.2 Å². The number of fused-ring (bicyclic) bond motifs is 1. The molecule has 5 unspecified atom stereocenters. The first kappa shape index (κ1) is 24.2. The smallest absolute Gasteiger partial charge is 0.262 e. The summed E-state index contributed by atoms with van der Waals surface area (Å²) in [6.45, 7) is 3.89. The van der Waals surface area contributed by atoms with Gasteiger partial charge in [0, 0.05) is 18.8 Å². The number of hydrogen-bond donors (Lipinski definition) is 4. The lowest BCUT2D eigenvalue weighted by atomic mass is 9.95. The Morgan fingerprint density at radius 1 is 1.12 bits per heavy atom. The molecule has 2 heterocycles. The van der Waals surface area contributed by atoms with Crippen molar-refractivity contribution >= 4 is 28.4 Å². The van der Waals surface area contributed by atoms with E-state index in [0.29, 0.717) is 12.0 Å². The molecule has 2 aliphatic rings. The monoisotopic (exact) mass is 465 g/mol. The average molecular weight is 466 g/mol. The predicted molar refractivity (Wildman–Crippen MR) is 129 cm³/mol. The molecule has 4 N–H and O–H groups in total. The third kappa shape index (κ3) is 5.08. The minimum Gasteiger partial charge on any atom is -0.388 e. The van der Waals surface area contributed by atoms with Crippen LogP contribution in [0.5, 0.6) is 0 Å². The van der Waals surface area contributed by atoms with Gasteiger partial charge in [-0.3, -0.25) is 4.79 Å². The number of benzene rings is 2. The van der Waals surface area contributed by atoms with Crippen molar-refractivity contribution in [3.63, 3.8) is 0 Å². The standard InChI is InChI=1S/C26H31N3O5/c1-2-21-23(30)24(31)22(26(33)34-21)28-25(32)19(15-27)13-16-6-7-18-14-20(9-8-17(18)12-16)29-10-4-3-5-11-29/h6-9,12-14,21-24,26,30-31,33H,2-5,10-11H2,1H3,(H,28,32)/b19-13+. The highest BCUT2D eigenvalue weighted by Gasteiger charge is 2.44. The Bertz CT molecular complexity index is 1110. The quantitative estimate of drug-likeness (QED) is 0.393. The number of piperidine rings is 1. The van der Waals surface area contributed by atoms with Crippen LogP contribution in [0.3, 0.4) is 0 Å². The van der Waals surface area contributed by atoms with E-state index in [0.717, 1.165) is 23.9 Å². The third-order valence-electron chi connectivity index (χ3n) is 6.67. The van der Waals surface area contributed by atoms with Gasteiger partial charge in [0.25, 0.3) is 5.91 Å². The number of nitrogens with one attached hydrogen (secondary N) is 1. The highest BCUT2D eigenvalue weighted by molar-refractivity contribution is 6.02. The van der Waals surface area contributed by atoms with Crippen LogP contribution in [-0.4, -0.2) is 65.0 Å². The van der Waals surface area contributed by atoms with E-state index in [2.05, 4.69) is 22.3 Å². The average Bonchev–Trinajstić information content (AvgIpc) is 2.87. The van der Waals surface area contributed by atoms with Gasteiger partial charge in [-0.15, -0.1) is 0 Å². The van der Waals surface area contributed by atoms with Gasteiger partial charge in [0.2, 0.25) is 0 Å². The lowest BCUT2D eigenvalue weighted by Gasteiger charge is -2.40. The van der Waals surface area contributed by atoms with E-state index in [9.17, 15) is 25.4 Å². The van der Waals surface area contributed by atoms with Gasteiger partial charge in [0.1, 0.15) is 29.9 Å². The van der Waals surface area contributed by atoms with Gasteiger partial charge in [-0.1, -0.05) is 25.1 Å². The summed E-state index contributed by atoms with van der Waals surface area (Å²) in [5.41, 5.74) is 1.69. The third-order valence-corrected chi connectivity index (χ3v) is 6.67. The van der Waals surface area contributed by atoms with Crippen LogP contribution >= 0.6 is 0 Å². The summed E-state index contributed by atoms with van der Waals surface area (Å²) in [6.07, 6.45) is 0.622. The van der Waals surface area contributed by atoms with Gasteiger partial charge in [0.15, 0.2) is 6.29 Å². The van der Waals surface area contributed by atoms with Crippen molar-refractivity contribution in [2.75, 3.05) is 18.0 Å². The topological polar surface area (TPSA) is 126 Å². The molecule has 2 aromatic carbocycles. The Hall–Kier alpha value is -2.96. The highest BCUT2D eigenvalue weighted by Crippen LogP contribution is 2.26. The molecular weight excluding hydrogens is 434 g/mol. The molecule has 8 nitrogen and oxygen atoms in total. The van der Waals surface area contributed by atoms with Crippen molar-refractivity contribution < 1.29 is 24.9 Å². The van der Waals surface area contributed by atoms with Crippen LogP contribution in [0.4, 0.5) is 5.69 Å². The first-order valence-corrected chi connectivity index (χ1v) is 11.8. The van der Waals surface area contributed by atoms with Crippen molar-refractivity contribution in [2.45, 2.75) is 63.3 Å². The summed E-state index contributed by atoms with van der Waals surface area (Å²) in [4.78, 5) is 15.1. The largest absolute Gasteiger partial charge is 0.388 e. The molecule has 0 bridgehead atoms.